The number of halogens is 1. The number of hydrogen-bond donors (Lipinski definition) is 1. The molecule has 1 aromatic heterocycles. The fraction of sp³-hybridized carbons (Fsp3) is 0.538. The van der Waals surface area contributed by atoms with Gasteiger partial charge in [-0.25, -0.2) is 0 Å². The van der Waals surface area contributed by atoms with E-state index in [0.29, 0.717) is 0 Å². The van der Waals surface area contributed by atoms with E-state index in [-0.39, 0.29) is 11.3 Å². The molecule has 5 heteroatoms. The van der Waals surface area contributed by atoms with Crippen LogP contribution in [0.25, 0.3) is 0 Å². The molecule has 1 N–H and O–H groups in total. The first-order chi connectivity index (χ1) is 8.53. The monoisotopic (exact) mass is 311 g/mol. The van der Waals surface area contributed by atoms with Crippen molar-refractivity contribution in [1.82, 2.24) is 15.2 Å². The summed E-state index contributed by atoms with van der Waals surface area (Å²) in [5.41, 5.74) is 0.916. The van der Waals surface area contributed by atoms with E-state index in [1.807, 2.05) is 13.1 Å². The van der Waals surface area contributed by atoms with E-state index < -0.39 is 0 Å². The molecule has 0 spiro atoms. The maximum atomic E-state index is 11.8. The highest BCUT2D eigenvalue weighted by molar-refractivity contribution is 9.10. The molecule has 2 heterocycles. The third-order valence-electron chi connectivity index (χ3n) is 3.50. The van der Waals surface area contributed by atoms with Crippen LogP contribution in [-0.4, -0.2) is 35.9 Å². The summed E-state index contributed by atoms with van der Waals surface area (Å²) < 4.78 is 0.994. The van der Waals surface area contributed by atoms with Crippen LogP contribution >= 0.6 is 15.9 Å². The summed E-state index contributed by atoms with van der Waals surface area (Å²) in [5, 5.41) is 2.76. The van der Waals surface area contributed by atoms with E-state index in [9.17, 15) is 4.79 Å². The van der Waals surface area contributed by atoms with Gasteiger partial charge in [-0.2, -0.15) is 0 Å². The van der Waals surface area contributed by atoms with Crippen LogP contribution in [-0.2, 0) is 11.3 Å². The predicted molar refractivity (Wildman–Crippen MR) is 74.0 cm³/mol. The van der Waals surface area contributed by atoms with Crippen molar-refractivity contribution in [2.45, 2.75) is 19.9 Å². The van der Waals surface area contributed by atoms with Gasteiger partial charge in [-0.15, -0.1) is 0 Å². The maximum absolute atomic E-state index is 11.8. The van der Waals surface area contributed by atoms with Gasteiger partial charge in [0, 0.05) is 37.0 Å². The Balaban J connectivity index is 2.00. The highest BCUT2D eigenvalue weighted by atomic mass is 79.9. The standard InChI is InChI=1S/C13H18BrN3O/c1-13(12(18)15-2)3-4-17(9-13)8-10-5-11(14)7-16-6-10/h5-7H,3-4,8-9H2,1-2H3,(H,15,18). The summed E-state index contributed by atoms with van der Waals surface area (Å²) in [4.78, 5) is 18.3. The van der Waals surface area contributed by atoms with Crippen molar-refractivity contribution in [2.24, 2.45) is 5.41 Å². The molecule has 1 unspecified atom stereocenters. The largest absolute Gasteiger partial charge is 0.359 e. The Morgan fingerprint density at radius 2 is 2.39 bits per heavy atom. The van der Waals surface area contributed by atoms with Crippen molar-refractivity contribution in [1.29, 1.82) is 0 Å². The van der Waals surface area contributed by atoms with Crippen LogP contribution in [0.15, 0.2) is 22.9 Å². The molecule has 1 aliphatic heterocycles. The van der Waals surface area contributed by atoms with E-state index in [4.69, 9.17) is 0 Å². The molecular weight excluding hydrogens is 294 g/mol. The lowest BCUT2D eigenvalue weighted by Crippen LogP contribution is -2.39. The third kappa shape index (κ3) is 2.90. The number of nitrogens with one attached hydrogen (secondary N) is 1. The first-order valence-corrected chi connectivity index (χ1v) is 6.87. The quantitative estimate of drug-likeness (QED) is 0.926. The first kappa shape index (κ1) is 13.5. The fourth-order valence-corrected chi connectivity index (χ4v) is 2.89. The second-order valence-corrected chi connectivity index (χ2v) is 6.03. The predicted octanol–water partition coefficient (Wildman–Crippen LogP) is 1.80. The van der Waals surface area contributed by atoms with Crippen LogP contribution in [0.4, 0.5) is 0 Å². The minimum absolute atomic E-state index is 0.136. The van der Waals surface area contributed by atoms with E-state index in [1.165, 1.54) is 5.56 Å². The molecule has 0 bridgehead atoms. The van der Waals surface area contributed by atoms with Gasteiger partial charge in [0.05, 0.1) is 5.41 Å². The minimum atomic E-state index is -0.256. The van der Waals surface area contributed by atoms with E-state index in [0.717, 1.165) is 30.5 Å². The van der Waals surface area contributed by atoms with E-state index in [1.54, 1.807) is 13.2 Å². The molecular formula is C13H18BrN3O. The Morgan fingerprint density at radius 3 is 3.06 bits per heavy atom. The van der Waals surface area contributed by atoms with Crippen molar-refractivity contribution in [3.8, 4) is 0 Å². The molecule has 1 saturated heterocycles. The van der Waals surface area contributed by atoms with Crippen molar-refractivity contribution >= 4 is 21.8 Å². The Hall–Kier alpha value is -0.940. The Labute approximate surface area is 116 Å². The molecule has 0 aromatic carbocycles. The number of hydrogen-bond acceptors (Lipinski definition) is 3. The number of rotatable bonds is 3. The third-order valence-corrected chi connectivity index (χ3v) is 3.93. The van der Waals surface area contributed by atoms with Crippen molar-refractivity contribution in [3.63, 3.8) is 0 Å². The van der Waals surface area contributed by atoms with Crippen LogP contribution in [0.2, 0.25) is 0 Å². The number of aromatic nitrogens is 1. The molecule has 4 nitrogen and oxygen atoms in total. The van der Waals surface area contributed by atoms with Crippen molar-refractivity contribution in [2.75, 3.05) is 20.1 Å². The van der Waals surface area contributed by atoms with Gasteiger partial charge < -0.3 is 5.32 Å². The number of likely N-dealkylation sites (tertiary alicyclic amines) is 1. The number of amides is 1. The Bertz CT molecular complexity index is 452. The molecule has 1 aromatic rings. The molecule has 0 saturated carbocycles. The summed E-state index contributed by atoms with van der Waals surface area (Å²) >= 11 is 3.42. The minimum Gasteiger partial charge on any atom is -0.359 e. The molecule has 1 atom stereocenters. The van der Waals surface area contributed by atoms with Gasteiger partial charge in [0.25, 0.3) is 0 Å². The summed E-state index contributed by atoms with van der Waals surface area (Å²) in [7, 11) is 1.70. The highest BCUT2D eigenvalue weighted by Gasteiger charge is 2.39. The topological polar surface area (TPSA) is 45.2 Å². The molecule has 0 aliphatic carbocycles. The van der Waals surface area contributed by atoms with Crippen molar-refractivity contribution in [3.05, 3.63) is 28.5 Å². The van der Waals surface area contributed by atoms with Gasteiger partial charge in [-0.05, 0) is 47.4 Å². The Morgan fingerprint density at radius 1 is 1.61 bits per heavy atom. The smallest absolute Gasteiger partial charge is 0.227 e. The summed E-state index contributed by atoms with van der Waals surface area (Å²) in [6, 6.07) is 2.07. The zero-order chi connectivity index (χ0) is 13.2. The SMILES string of the molecule is CNC(=O)C1(C)CCN(Cc2cncc(Br)c2)C1. The lowest BCUT2D eigenvalue weighted by Gasteiger charge is -2.22. The van der Waals surface area contributed by atoms with Gasteiger partial charge in [-0.3, -0.25) is 14.7 Å². The average Bonchev–Trinajstić information content (AvgIpc) is 2.71. The van der Waals surface area contributed by atoms with Crippen LogP contribution in [0, 0.1) is 5.41 Å². The van der Waals surface area contributed by atoms with Crippen molar-refractivity contribution < 1.29 is 4.79 Å². The van der Waals surface area contributed by atoms with Gasteiger partial charge in [0.15, 0.2) is 0 Å². The second-order valence-electron chi connectivity index (χ2n) is 5.11. The molecule has 98 valence electrons. The van der Waals surface area contributed by atoms with Gasteiger partial charge in [0.2, 0.25) is 5.91 Å². The van der Waals surface area contributed by atoms with Crippen LogP contribution < -0.4 is 5.32 Å². The lowest BCUT2D eigenvalue weighted by molar-refractivity contribution is -0.129. The van der Waals surface area contributed by atoms with Crippen LogP contribution in [0.1, 0.15) is 18.9 Å². The van der Waals surface area contributed by atoms with Gasteiger partial charge >= 0.3 is 0 Å². The summed E-state index contributed by atoms with van der Waals surface area (Å²) in [5.74, 6) is 0.136. The summed E-state index contributed by atoms with van der Waals surface area (Å²) in [6.07, 6.45) is 4.57. The molecule has 1 aliphatic rings. The number of nitrogens with zero attached hydrogens (tertiary/aromatic N) is 2. The lowest BCUT2D eigenvalue weighted by atomic mass is 9.89. The zero-order valence-corrected chi connectivity index (χ0v) is 12.3. The zero-order valence-electron chi connectivity index (χ0n) is 10.7. The number of carbonyl (C=O) groups excluding carboxylic acids is 1. The number of pyridine rings is 1. The molecule has 1 amide bonds. The molecule has 2 rings (SSSR count). The van der Waals surface area contributed by atoms with Gasteiger partial charge in [-0.1, -0.05) is 0 Å². The highest BCUT2D eigenvalue weighted by Crippen LogP contribution is 2.31. The Kier molecular flexibility index (Phi) is 4.02. The first-order valence-electron chi connectivity index (χ1n) is 6.07. The number of carbonyl (C=O) groups is 1. The average molecular weight is 312 g/mol. The fourth-order valence-electron chi connectivity index (χ4n) is 2.48. The molecule has 1 fully saturated rings. The molecule has 18 heavy (non-hydrogen) atoms. The maximum Gasteiger partial charge on any atom is 0.227 e. The molecule has 0 radical (unpaired) electrons. The van der Waals surface area contributed by atoms with Crippen LogP contribution in [0.5, 0.6) is 0 Å². The van der Waals surface area contributed by atoms with E-state index >= 15 is 0 Å². The second kappa shape index (κ2) is 5.36. The summed E-state index contributed by atoms with van der Waals surface area (Å²) in [6.45, 7) is 4.64. The van der Waals surface area contributed by atoms with Gasteiger partial charge in [0.1, 0.15) is 0 Å². The normalized spacial score (nSPS) is 24.2. The van der Waals surface area contributed by atoms with E-state index in [2.05, 4.69) is 37.2 Å². The van der Waals surface area contributed by atoms with Crippen LogP contribution in [0.3, 0.4) is 0 Å².